The van der Waals surface area contributed by atoms with Crippen LogP contribution in [-0.4, -0.2) is 45.2 Å². The van der Waals surface area contributed by atoms with E-state index in [-0.39, 0.29) is 11.8 Å². The van der Waals surface area contributed by atoms with Gasteiger partial charge in [-0.15, -0.1) is 0 Å². The summed E-state index contributed by atoms with van der Waals surface area (Å²) in [6.45, 7) is 4.70. The Morgan fingerprint density at radius 1 is 1.09 bits per heavy atom. The maximum atomic E-state index is 12.9. The van der Waals surface area contributed by atoms with Gasteiger partial charge in [-0.2, -0.15) is 0 Å². The predicted octanol–water partition coefficient (Wildman–Crippen LogP) is 4.26. The number of rotatable bonds is 10. The van der Waals surface area contributed by atoms with Crippen molar-refractivity contribution in [1.82, 2.24) is 5.32 Å². The highest BCUT2D eigenvalue weighted by Crippen LogP contribution is 2.30. The molecule has 6 heteroatoms. The summed E-state index contributed by atoms with van der Waals surface area (Å²) in [7, 11) is 1.61. The maximum absolute atomic E-state index is 12.9. The molecule has 1 heterocycles. The van der Waals surface area contributed by atoms with Gasteiger partial charge in [-0.1, -0.05) is 37.3 Å². The number of hydrogen-bond acceptors (Lipinski definition) is 4. The van der Waals surface area contributed by atoms with Gasteiger partial charge in [0, 0.05) is 44.5 Å². The maximum Gasteiger partial charge on any atom is 0.253 e. The lowest BCUT2D eigenvalue weighted by Crippen LogP contribution is -2.36. The van der Waals surface area contributed by atoms with Crippen molar-refractivity contribution in [2.45, 2.75) is 39.0 Å². The van der Waals surface area contributed by atoms with E-state index in [1.165, 1.54) is 5.56 Å². The Morgan fingerprint density at radius 2 is 1.84 bits per heavy atom. The van der Waals surface area contributed by atoms with Crippen molar-refractivity contribution in [2.75, 3.05) is 43.6 Å². The molecule has 0 bridgehead atoms. The molecule has 0 spiro atoms. The van der Waals surface area contributed by atoms with Gasteiger partial charge in [0.1, 0.15) is 0 Å². The van der Waals surface area contributed by atoms with E-state index < -0.39 is 0 Å². The third kappa shape index (κ3) is 6.82. The molecule has 1 fully saturated rings. The molecule has 3 rings (SSSR count). The predicted molar refractivity (Wildman–Crippen MR) is 129 cm³/mol. The van der Waals surface area contributed by atoms with E-state index >= 15 is 0 Å². The van der Waals surface area contributed by atoms with Gasteiger partial charge >= 0.3 is 0 Å². The van der Waals surface area contributed by atoms with Crippen LogP contribution >= 0.6 is 0 Å². The van der Waals surface area contributed by atoms with Gasteiger partial charge in [0.05, 0.1) is 12.2 Å². The topological polar surface area (TPSA) is 70.7 Å². The fraction of sp³-hybridized carbons (Fsp3) is 0.462. The summed E-state index contributed by atoms with van der Waals surface area (Å²) in [6, 6.07) is 16.3. The van der Waals surface area contributed by atoms with E-state index in [1.54, 1.807) is 13.2 Å². The van der Waals surface area contributed by atoms with Crippen molar-refractivity contribution in [2.24, 2.45) is 5.92 Å². The third-order valence-electron chi connectivity index (χ3n) is 5.92. The highest BCUT2D eigenvalue weighted by atomic mass is 16.5. The summed E-state index contributed by atoms with van der Waals surface area (Å²) >= 11 is 0. The smallest absolute Gasteiger partial charge is 0.253 e. The molecule has 0 atom stereocenters. The largest absolute Gasteiger partial charge is 0.383 e. The first-order valence-electron chi connectivity index (χ1n) is 11.6. The number of anilines is 2. The zero-order valence-corrected chi connectivity index (χ0v) is 19.2. The SMILES string of the molecule is CCCC(=O)Nc1ccc(N2CCC(Cc3ccccc3)CC2)c(C(=O)NCCOC)c1. The molecule has 0 radical (unpaired) electrons. The van der Waals surface area contributed by atoms with Crippen molar-refractivity contribution < 1.29 is 14.3 Å². The zero-order chi connectivity index (χ0) is 22.8. The fourth-order valence-corrected chi connectivity index (χ4v) is 4.21. The molecule has 2 amide bonds. The summed E-state index contributed by atoms with van der Waals surface area (Å²) in [5.74, 6) is 0.475. The number of carbonyl (C=O) groups excluding carboxylic acids is 2. The lowest BCUT2D eigenvalue weighted by Gasteiger charge is -2.35. The molecule has 0 aliphatic carbocycles. The minimum Gasteiger partial charge on any atom is -0.383 e. The number of carbonyl (C=O) groups is 2. The Morgan fingerprint density at radius 3 is 2.53 bits per heavy atom. The first-order valence-corrected chi connectivity index (χ1v) is 11.6. The number of piperidine rings is 1. The van der Waals surface area contributed by atoms with E-state index in [9.17, 15) is 9.59 Å². The molecule has 172 valence electrons. The van der Waals surface area contributed by atoms with Gasteiger partial charge in [-0.3, -0.25) is 9.59 Å². The van der Waals surface area contributed by atoms with Crippen LogP contribution in [0.1, 0.15) is 48.5 Å². The van der Waals surface area contributed by atoms with Crippen LogP contribution in [0.15, 0.2) is 48.5 Å². The third-order valence-corrected chi connectivity index (χ3v) is 5.92. The van der Waals surface area contributed by atoms with Crippen LogP contribution in [0.5, 0.6) is 0 Å². The Kier molecular flexibility index (Phi) is 9.11. The molecular formula is C26H35N3O3. The van der Waals surface area contributed by atoms with Crippen LogP contribution in [-0.2, 0) is 16.0 Å². The quantitative estimate of drug-likeness (QED) is 0.545. The summed E-state index contributed by atoms with van der Waals surface area (Å²) in [4.78, 5) is 27.3. The van der Waals surface area contributed by atoms with Crippen LogP contribution in [0.25, 0.3) is 0 Å². The van der Waals surface area contributed by atoms with Crippen LogP contribution in [0.2, 0.25) is 0 Å². The van der Waals surface area contributed by atoms with Gasteiger partial charge in [-0.25, -0.2) is 0 Å². The minimum atomic E-state index is -0.143. The Labute approximate surface area is 191 Å². The molecule has 1 aliphatic rings. The number of nitrogens with one attached hydrogen (secondary N) is 2. The molecule has 0 saturated carbocycles. The van der Waals surface area contributed by atoms with Crippen LogP contribution in [0.3, 0.4) is 0 Å². The molecule has 2 aromatic rings. The second-order valence-electron chi connectivity index (χ2n) is 8.40. The van der Waals surface area contributed by atoms with Gasteiger partial charge in [0.2, 0.25) is 5.91 Å². The molecule has 2 N–H and O–H groups in total. The Bertz CT molecular complexity index is 877. The fourth-order valence-electron chi connectivity index (χ4n) is 4.21. The standard InChI is InChI=1S/C26H35N3O3/c1-3-7-25(30)28-22-10-11-24(23(19-22)26(31)27-14-17-32-2)29-15-12-21(13-16-29)18-20-8-5-4-6-9-20/h4-6,8-11,19,21H,3,7,12-18H2,1-2H3,(H,27,31)(H,28,30). The monoisotopic (exact) mass is 437 g/mol. The van der Waals surface area contributed by atoms with E-state index in [0.717, 1.165) is 44.5 Å². The van der Waals surface area contributed by atoms with Crippen LogP contribution < -0.4 is 15.5 Å². The van der Waals surface area contributed by atoms with Crippen molar-refractivity contribution in [1.29, 1.82) is 0 Å². The molecule has 32 heavy (non-hydrogen) atoms. The van der Waals surface area contributed by atoms with Crippen molar-refractivity contribution in [3.63, 3.8) is 0 Å². The average Bonchev–Trinajstić information content (AvgIpc) is 2.80. The lowest BCUT2D eigenvalue weighted by molar-refractivity contribution is -0.116. The second kappa shape index (κ2) is 12.2. The first kappa shape index (κ1) is 23.8. The van der Waals surface area contributed by atoms with Crippen LogP contribution in [0, 0.1) is 5.92 Å². The number of methoxy groups -OCH3 is 1. The number of nitrogens with zero attached hydrogens (tertiary/aromatic N) is 1. The molecule has 2 aromatic carbocycles. The van der Waals surface area contributed by atoms with E-state index in [4.69, 9.17) is 4.74 Å². The summed E-state index contributed by atoms with van der Waals surface area (Å²) in [5.41, 5.74) is 3.56. The van der Waals surface area contributed by atoms with Crippen molar-refractivity contribution >= 4 is 23.2 Å². The first-order chi connectivity index (χ1) is 15.6. The Hall–Kier alpha value is -2.86. The van der Waals surface area contributed by atoms with E-state index in [0.29, 0.717) is 36.7 Å². The average molecular weight is 438 g/mol. The molecule has 1 aliphatic heterocycles. The van der Waals surface area contributed by atoms with Crippen molar-refractivity contribution in [3.05, 3.63) is 59.7 Å². The number of amides is 2. The van der Waals surface area contributed by atoms with Crippen molar-refractivity contribution in [3.8, 4) is 0 Å². The Balaban J connectivity index is 1.71. The number of benzene rings is 2. The number of ether oxygens (including phenoxy) is 1. The second-order valence-corrected chi connectivity index (χ2v) is 8.40. The summed E-state index contributed by atoms with van der Waals surface area (Å²) in [6.07, 6.45) is 4.53. The van der Waals surface area contributed by atoms with Crippen LogP contribution in [0.4, 0.5) is 11.4 Å². The van der Waals surface area contributed by atoms with Gasteiger partial charge in [0.15, 0.2) is 0 Å². The molecule has 0 aromatic heterocycles. The van der Waals surface area contributed by atoms with E-state index in [1.807, 2.05) is 19.1 Å². The molecule has 1 saturated heterocycles. The lowest BCUT2D eigenvalue weighted by atomic mass is 9.89. The summed E-state index contributed by atoms with van der Waals surface area (Å²) in [5, 5.41) is 5.83. The minimum absolute atomic E-state index is 0.0345. The normalized spacial score (nSPS) is 14.2. The molecular weight excluding hydrogens is 402 g/mol. The number of hydrogen-bond donors (Lipinski definition) is 2. The highest BCUT2D eigenvalue weighted by Gasteiger charge is 2.23. The molecule has 6 nitrogen and oxygen atoms in total. The highest BCUT2D eigenvalue weighted by molar-refractivity contribution is 6.02. The summed E-state index contributed by atoms with van der Waals surface area (Å²) < 4.78 is 5.06. The van der Waals surface area contributed by atoms with E-state index in [2.05, 4.69) is 45.9 Å². The van der Waals surface area contributed by atoms with Gasteiger partial charge < -0.3 is 20.3 Å². The van der Waals surface area contributed by atoms with Gasteiger partial charge in [0.25, 0.3) is 5.91 Å². The zero-order valence-electron chi connectivity index (χ0n) is 19.2. The molecule has 0 unspecified atom stereocenters. The van der Waals surface area contributed by atoms with Gasteiger partial charge in [-0.05, 0) is 55.4 Å².